The molecule has 2 aromatic carbocycles. The maximum absolute atomic E-state index is 13.1. The van der Waals surface area contributed by atoms with E-state index in [2.05, 4.69) is 19.2 Å². The number of nitrogens with one attached hydrogen (secondary N) is 1. The number of amides is 3. The van der Waals surface area contributed by atoms with E-state index in [1.165, 1.54) is 17.0 Å². The molecule has 26 heavy (non-hydrogen) atoms. The van der Waals surface area contributed by atoms with Gasteiger partial charge in [0.2, 0.25) is 0 Å². The van der Waals surface area contributed by atoms with Crippen molar-refractivity contribution in [2.45, 2.75) is 39.3 Å². The van der Waals surface area contributed by atoms with Crippen molar-refractivity contribution >= 4 is 11.9 Å². The van der Waals surface area contributed by atoms with Crippen LogP contribution in [0.1, 0.15) is 49.0 Å². The van der Waals surface area contributed by atoms with Crippen LogP contribution in [0.25, 0.3) is 0 Å². The number of phenolic OH excluding ortho intramolecular Hbond substituents is 1. The molecule has 0 bridgehead atoms. The minimum absolute atomic E-state index is 0.125. The highest BCUT2D eigenvalue weighted by Crippen LogP contribution is 2.35. The molecule has 5 nitrogen and oxygen atoms in total. The Morgan fingerprint density at radius 3 is 2.35 bits per heavy atom. The molecule has 1 aliphatic rings. The molecule has 136 valence electrons. The van der Waals surface area contributed by atoms with Gasteiger partial charge in [-0.15, -0.1) is 0 Å². The summed E-state index contributed by atoms with van der Waals surface area (Å²) in [5.74, 6) is 0.197. The summed E-state index contributed by atoms with van der Waals surface area (Å²) in [4.78, 5) is 27.1. The summed E-state index contributed by atoms with van der Waals surface area (Å²) in [5, 5.41) is 12.2. The Hall–Kier alpha value is -2.82. The molecule has 1 heterocycles. The van der Waals surface area contributed by atoms with Gasteiger partial charge in [-0.2, -0.15) is 0 Å². The van der Waals surface area contributed by atoms with E-state index in [0.29, 0.717) is 17.9 Å². The second-order valence-corrected chi connectivity index (χ2v) is 7.18. The van der Waals surface area contributed by atoms with Crippen molar-refractivity contribution < 1.29 is 14.7 Å². The lowest BCUT2D eigenvalue weighted by Gasteiger charge is -2.28. The topological polar surface area (TPSA) is 69.6 Å². The van der Waals surface area contributed by atoms with E-state index in [-0.39, 0.29) is 23.7 Å². The first kappa shape index (κ1) is 18.0. The van der Waals surface area contributed by atoms with Gasteiger partial charge in [-0.1, -0.05) is 50.2 Å². The first-order valence-corrected chi connectivity index (χ1v) is 8.86. The predicted molar refractivity (Wildman–Crippen MR) is 99.6 cm³/mol. The van der Waals surface area contributed by atoms with Gasteiger partial charge in [-0.25, -0.2) is 4.79 Å². The zero-order chi connectivity index (χ0) is 18.8. The highest BCUT2D eigenvalue weighted by atomic mass is 16.3. The van der Waals surface area contributed by atoms with E-state index in [1.54, 1.807) is 12.1 Å². The van der Waals surface area contributed by atoms with Crippen LogP contribution in [0.3, 0.4) is 0 Å². The number of phenols is 1. The van der Waals surface area contributed by atoms with Gasteiger partial charge < -0.3 is 10.4 Å². The van der Waals surface area contributed by atoms with Gasteiger partial charge in [0, 0.05) is 0 Å². The lowest BCUT2D eigenvalue weighted by atomic mass is 9.92. The first-order valence-electron chi connectivity index (χ1n) is 8.86. The molecular weight excluding hydrogens is 328 g/mol. The van der Waals surface area contributed by atoms with Gasteiger partial charge in [0.1, 0.15) is 11.8 Å². The van der Waals surface area contributed by atoms with Crippen LogP contribution in [0.2, 0.25) is 0 Å². The van der Waals surface area contributed by atoms with Crippen molar-refractivity contribution in [1.29, 1.82) is 0 Å². The number of rotatable bonds is 5. The lowest BCUT2D eigenvalue weighted by Crippen LogP contribution is -2.36. The first-order chi connectivity index (χ1) is 12.4. The highest BCUT2D eigenvalue weighted by molar-refractivity contribution is 6.05. The molecule has 0 saturated carbocycles. The molecule has 2 unspecified atom stereocenters. The molecule has 2 aromatic rings. The van der Waals surface area contributed by atoms with Gasteiger partial charge in [-0.3, -0.25) is 9.69 Å². The van der Waals surface area contributed by atoms with Gasteiger partial charge in [0.25, 0.3) is 5.91 Å². The molecule has 1 saturated heterocycles. The maximum atomic E-state index is 13.1. The molecule has 0 aromatic heterocycles. The smallest absolute Gasteiger partial charge is 0.325 e. The summed E-state index contributed by atoms with van der Waals surface area (Å²) < 4.78 is 0. The molecule has 1 aliphatic heterocycles. The molecule has 3 amide bonds. The van der Waals surface area contributed by atoms with Crippen LogP contribution in [-0.2, 0) is 4.79 Å². The Morgan fingerprint density at radius 1 is 1.08 bits per heavy atom. The van der Waals surface area contributed by atoms with Crippen molar-refractivity contribution in [1.82, 2.24) is 10.2 Å². The van der Waals surface area contributed by atoms with Crippen LogP contribution in [0.4, 0.5) is 4.79 Å². The quantitative estimate of drug-likeness (QED) is 0.797. The van der Waals surface area contributed by atoms with Gasteiger partial charge >= 0.3 is 6.03 Å². The maximum Gasteiger partial charge on any atom is 0.325 e. The van der Waals surface area contributed by atoms with Crippen molar-refractivity contribution in [2.24, 2.45) is 5.92 Å². The van der Waals surface area contributed by atoms with E-state index in [1.807, 2.05) is 31.2 Å². The third kappa shape index (κ3) is 3.43. The molecule has 0 spiro atoms. The van der Waals surface area contributed by atoms with Crippen LogP contribution in [0, 0.1) is 12.8 Å². The van der Waals surface area contributed by atoms with Crippen LogP contribution in [-0.4, -0.2) is 21.9 Å². The predicted octanol–water partition coefficient (Wildman–Crippen LogP) is 4.08. The van der Waals surface area contributed by atoms with Gasteiger partial charge in [0.15, 0.2) is 0 Å². The van der Waals surface area contributed by atoms with E-state index in [0.717, 1.165) is 11.1 Å². The molecule has 5 heteroatoms. The number of urea groups is 1. The number of benzene rings is 2. The van der Waals surface area contributed by atoms with Gasteiger partial charge in [0.05, 0.1) is 6.04 Å². The van der Waals surface area contributed by atoms with Gasteiger partial charge in [-0.05, 0) is 48.1 Å². The van der Waals surface area contributed by atoms with Crippen molar-refractivity contribution in [3.05, 3.63) is 65.2 Å². The molecule has 2 atom stereocenters. The van der Waals surface area contributed by atoms with E-state index < -0.39 is 6.04 Å². The molecule has 0 radical (unpaired) electrons. The number of imide groups is 1. The SMILES string of the molecule is Cc1ccccc1C(CC(C)C)N1C(=O)NC(c2ccc(O)cc2)C1=O. The normalized spacial score (nSPS) is 18.3. The second-order valence-electron chi connectivity index (χ2n) is 7.18. The van der Waals surface area contributed by atoms with Crippen LogP contribution in [0.15, 0.2) is 48.5 Å². The lowest BCUT2D eigenvalue weighted by molar-refractivity contribution is -0.129. The third-order valence-electron chi connectivity index (χ3n) is 4.75. The van der Waals surface area contributed by atoms with E-state index >= 15 is 0 Å². The minimum atomic E-state index is -0.721. The summed E-state index contributed by atoms with van der Waals surface area (Å²) in [6.07, 6.45) is 0.701. The average Bonchev–Trinajstić information content (AvgIpc) is 2.88. The summed E-state index contributed by atoms with van der Waals surface area (Å²) >= 11 is 0. The van der Waals surface area contributed by atoms with Crippen molar-refractivity contribution in [3.63, 3.8) is 0 Å². The summed E-state index contributed by atoms with van der Waals surface area (Å²) in [6, 6.07) is 12.8. The van der Waals surface area contributed by atoms with Crippen LogP contribution in [0.5, 0.6) is 5.75 Å². The third-order valence-corrected chi connectivity index (χ3v) is 4.75. The molecular formula is C21H24N2O3. The Labute approximate surface area is 153 Å². The zero-order valence-electron chi connectivity index (χ0n) is 15.3. The molecule has 1 fully saturated rings. The number of aromatic hydroxyl groups is 1. The average molecular weight is 352 g/mol. The number of hydrogen-bond acceptors (Lipinski definition) is 3. The Bertz CT molecular complexity index is 814. The fourth-order valence-corrected chi connectivity index (χ4v) is 3.46. The largest absolute Gasteiger partial charge is 0.508 e. The molecule has 2 N–H and O–H groups in total. The van der Waals surface area contributed by atoms with Crippen molar-refractivity contribution in [3.8, 4) is 5.75 Å². The Kier molecular flexibility index (Phi) is 4.98. The Balaban J connectivity index is 1.96. The summed E-state index contributed by atoms with van der Waals surface area (Å²) in [7, 11) is 0. The molecule has 0 aliphatic carbocycles. The zero-order valence-corrected chi connectivity index (χ0v) is 15.3. The summed E-state index contributed by atoms with van der Waals surface area (Å²) in [6.45, 7) is 6.17. The number of hydrogen-bond donors (Lipinski definition) is 2. The number of carbonyl (C=O) groups excluding carboxylic acids is 2. The number of aryl methyl sites for hydroxylation is 1. The number of carbonyl (C=O) groups is 2. The van der Waals surface area contributed by atoms with E-state index in [4.69, 9.17) is 0 Å². The van der Waals surface area contributed by atoms with Crippen LogP contribution < -0.4 is 5.32 Å². The molecule has 3 rings (SSSR count). The van der Waals surface area contributed by atoms with E-state index in [9.17, 15) is 14.7 Å². The minimum Gasteiger partial charge on any atom is -0.508 e. The Morgan fingerprint density at radius 2 is 1.73 bits per heavy atom. The van der Waals surface area contributed by atoms with Crippen LogP contribution >= 0.6 is 0 Å². The highest BCUT2D eigenvalue weighted by Gasteiger charge is 2.43. The monoisotopic (exact) mass is 352 g/mol. The number of nitrogens with zero attached hydrogens (tertiary/aromatic N) is 1. The van der Waals surface area contributed by atoms with Crippen molar-refractivity contribution in [2.75, 3.05) is 0 Å². The fourth-order valence-electron chi connectivity index (χ4n) is 3.46. The standard InChI is InChI=1S/C21H24N2O3/c1-13(2)12-18(17-7-5-4-6-14(17)3)23-20(25)19(22-21(23)26)15-8-10-16(24)11-9-15/h4-11,13,18-19,24H,12H2,1-3H3,(H,22,26). The fraction of sp³-hybridized carbons (Fsp3) is 0.333. The second kappa shape index (κ2) is 7.20. The summed E-state index contributed by atoms with van der Waals surface area (Å²) in [5.41, 5.74) is 2.72.